The quantitative estimate of drug-likeness (QED) is 0.308. The summed E-state index contributed by atoms with van der Waals surface area (Å²) in [5, 5.41) is 0. The summed E-state index contributed by atoms with van der Waals surface area (Å²) in [7, 11) is 0. The molecule has 1 atom stereocenters. The van der Waals surface area contributed by atoms with Crippen LogP contribution in [0.25, 0.3) is 0 Å². The van der Waals surface area contributed by atoms with Gasteiger partial charge in [-0.3, -0.25) is 0 Å². The van der Waals surface area contributed by atoms with Gasteiger partial charge in [-0.2, -0.15) is 0 Å². The third kappa shape index (κ3) is 5.87. The zero-order valence-corrected chi connectivity index (χ0v) is 17.7. The van der Waals surface area contributed by atoms with Crippen molar-refractivity contribution < 1.29 is 13.2 Å². The minimum Gasteiger partial charge on any atom is -0.204 e. The fraction of sp³-hybridized carbons (Fsp3) is 0.538. The van der Waals surface area contributed by atoms with Crippen LogP contribution in [0.1, 0.15) is 93.7 Å². The Balaban J connectivity index is 1.54. The molecule has 3 heteroatoms. The van der Waals surface area contributed by atoms with Crippen LogP contribution in [0.4, 0.5) is 13.2 Å². The second-order valence-corrected chi connectivity index (χ2v) is 8.86. The summed E-state index contributed by atoms with van der Waals surface area (Å²) in [6, 6.07) is 10.9. The van der Waals surface area contributed by atoms with Gasteiger partial charge in [0.1, 0.15) is 0 Å². The van der Waals surface area contributed by atoms with Crippen molar-refractivity contribution in [1.82, 2.24) is 0 Å². The van der Waals surface area contributed by atoms with E-state index in [1.54, 1.807) is 0 Å². The van der Waals surface area contributed by atoms with E-state index in [4.69, 9.17) is 0 Å². The Bertz CT molecular complexity index is 750. The largest absolute Gasteiger partial charge is 0.204 e. The molecular weight excluding hydrogens is 369 g/mol. The zero-order valence-electron chi connectivity index (χ0n) is 17.7. The average molecular weight is 403 g/mol. The van der Waals surface area contributed by atoms with Crippen molar-refractivity contribution in [3.63, 3.8) is 0 Å². The highest BCUT2D eigenvalue weighted by Gasteiger charge is 2.22. The first-order valence-electron chi connectivity index (χ1n) is 11.2. The molecule has 0 N–H and O–H groups in total. The Morgan fingerprint density at radius 2 is 1.52 bits per heavy atom. The van der Waals surface area contributed by atoms with E-state index in [9.17, 15) is 13.2 Å². The molecule has 158 valence electrons. The van der Waals surface area contributed by atoms with Crippen LogP contribution in [-0.2, 0) is 6.42 Å². The molecule has 0 nitrogen and oxygen atoms in total. The Hall–Kier alpha value is -1.77. The second-order valence-electron chi connectivity index (χ2n) is 8.86. The predicted molar refractivity (Wildman–Crippen MR) is 114 cm³/mol. The third-order valence-corrected chi connectivity index (χ3v) is 6.63. The van der Waals surface area contributed by atoms with E-state index in [2.05, 4.69) is 31.2 Å². The second kappa shape index (κ2) is 10.3. The number of rotatable bonds is 8. The number of unbranched alkanes of at least 4 members (excludes halogenated alkanes) is 2. The van der Waals surface area contributed by atoms with Gasteiger partial charge >= 0.3 is 0 Å². The van der Waals surface area contributed by atoms with Crippen molar-refractivity contribution in [2.45, 2.75) is 83.5 Å². The Morgan fingerprint density at radius 1 is 0.897 bits per heavy atom. The van der Waals surface area contributed by atoms with Gasteiger partial charge < -0.3 is 0 Å². The zero-order chi connectivity index (χ0) is 20.8. The summed E-state index contributed by atoms with van der Waals surface area (Å²) in [5.41, 5.74) is 3.04. The van der Waals surface area contributed by atoms with Gasteiger partial charge in [0.25, 0.3) is 0 Å². The van der Waals surface area contributed by atoms with Gasteiger partial charge in [0.15, 0.2) is 17.5 Å². The molecule has 1 fully saturated rings. The van der Waals surface area contributed by atoms with Crippen LogP contribution in [0.15, 0.2) is 36.4 Å². The van der Waals surface area contributed by atoms with Crippen molar-refractivity contribution in [2.24, 2.45) is 5.92 Å². The van der Waals surface area contributed by atoms with Crippen LogP contribution in [0, 0.1) is 23.4 Å². The van der Waals surface area contributed by atoms with Crippen molar-refractivity contribution >= 4 is 0 Å². The lowest BCUT2D eigenvalue weighted by atomic mass is 9.77. The minimum absolute atomic E-state index is 0.0796. The predicted octanol–water partition coefficient (Wildman–Crippen LogP) is 8.30. The molecule has 0 amide bonds. The maximum absolute atomic E-state index is 13.5. The van der Waals surface area contributed by atoms with Gasteiger partial charge in [-0.25, -0.2) is 13.2 Å². The molecule has 0 aromatic heterocycles. The first-order chi connectivity index (χ1) is 14.0. The Kier molecular flexibility index (Phi) is 7.80. The molecule has 1 aliphatic rings. The first-order valence-corrected chi connectivity index (χ1v) is 11.2. The van der Waals surface area contributed by atoms with Crippen LogP contribution >= 0.6 is 0 Å². The number of hydrogen-bond donors (Lipinski definition) is 0. The molecule has 1 saturated carbocycles. The molecule has 29 heavy (non-hydrogen) atoms. The summed E-state index contributed by atoms with van der Waals surface area (Å²) in [5.74, 6) is -2.15. The lowest BCUT2D eigenvalue weighted by Crippen LogP contribution is -2.13. The van der Waals surface area contributed by atoms with Crippen LogP contribution in [0.3, 0.4) is 0 Å². The number of hydrogen-bond acceptors (Lipinski definition) is 0. The van der Waals surface area contributed by atoms with Crippen molar-refractivity contribution in [1.29, 1.82) is 0 Å². The summed E-state index contributed by atoms with van der Waals surface area (Å²) in [6.07, 6.45) is 11.3. The van der Waals surface area contributed by atoms with E-state index < -0.39 is 17.5 Å². The molecule has 0 spiro atoms. The molecule has 0 heterocycles. The number of benzene rings is 2. The molecule has 0 unspecified atom stereocenters. The molecule has 2 aromatic rings. The fourth-order valence-corrected chi connectivity index (χ4v) is 4.72. The Labute approximate surface area is 173 Å². The maximum atomic E-state index is 13.5. The highest BCUT2D eigenvalue weighted by molar-refractivity contribution is 5.29. The van der Waals surface area contributed by atoms with E-state index in [0.717, 1.165) is 23.6 Å². The highest BCUT2D eigenvalue weighted by Crippen LogP contribution is 2.38. The molecule has 0 radical (unpaired) electrons. The standard InChI is InChI=1S/C26H33F3/c1-3-4-5-6-19-7-11-21(12-8-19)22-13-9-20(10-14-22)15-18(2)23-16-24(27)26(29)25(28)17-23/h9-10,13-14,16-19,21H,3-8,11-12,15H2,1-2H3/t18-,19?,21?/m1/s1. The van der Waals surface area contributed by atoms with Gasteiger partial charge in [0, 0.05) is 0 Å². The minimum atomic E-state index is -1.40. The third-order valence-electron chi connectivity index (χ3n) is 6.63. The van der Waals surface area contributed by atoms with Crippen molar-refractivity contribution in [3.05, 3.63) is 70.5 Å². The maximum Gasteiger partial charge on any atom is 0.194 e. The molecule has 0 bridgehead atoms. The van der Waals surface area contributed by atoms with Crippen LogP contribution in [0.2, 0.25) is 0 Å². The monoisotopic (exact) mass is 402 g/mol. The molecule has 1 aliphatic carbocycles. The highest BCUT2D eigenvalue weighted by atomic mass is 19.2. The van der Waals surface area contributed by atoms with Gasteiger partial charge in [0.05, 0.1) is 0 Å². The molecule has 3 rings (SSSR count). The molecule has 0 aliphatic heterocycles. The molecule has 0 saturated heterocycles. The van der Waals surface area contributed by atoms with Crippen LogP contribution in [-0.4, -0.2) is 0 Å². The van der Waals surface area contributed by atoms with Gasteiger partial charge in [-0.05, 0) is 78.7 Å². The van der Waals surface area contributed by atoms with Gasteiger partial charge in [0.2, 0.25) is 0 Å². The Morgan fingerprint density at radius 3 is 2.10 bits per heavy atom. The van der Waals surface area contributed by atoms with Crippen molar-refractivity contribution in [2.75, 3.05) is 0 Å². The summed E-state index contributed by atoms with van der Waals surface area (Å²) in [4.78, 5) is 0. The topological polar surface area (TPSA) is 0 Å². The molecule has 2 aromatic carbocycles. The average Bonchev–Trinajstić information content (AvgIpc) is 2.73. The van der Waals surface area contributed by atoms with E-state index in [1.807, 2.05) is 6.92 Å². The van der Waals surface area contributed by atoms with E-state index in [0.29, 0.717) is 17.9 Å². The van der Waals surface area contributed by atoms with E-state index in [1.165, 1.54) is 56.9 Å². The number of halogens is 3. The van der Waals surface area contributed by atoms with E-state index >= 15 is 0 Å². The fourth-order valence-electron chi connectivity index (χ4n) is 4.72. The van der Waals surface area contributed by atoms with Gasteiger partial charge in [-0.15, -0.1) is 0 Å². The summed E-state index contributed by atoms with van der Waals surface area (Å²) < 4.78 is 40.2. The van der Waals surface area contributed by atoms with Crippen molar-refractivity contribution in [3.8, 4) is 0 Å². The molecular formula is C26H33F3. The lowest BCUT2D eigenvalue weighted by Gasteiger charge is -2.29. The van der Waals surface area contributed by atoms with E-state index in [-0.39, 0.29) is 5.92 Å². The SMILES string of the molecule is CCCCCC1CCC(c2ccc(C[C@@H](C)c3cc(F)c(F)c(F)c3)cc2)CC1. The first kappa shape index (κ1) is 21.9. The van der Waals surface area contributed by atoms with Crippen LogP contribution in [0.5, 0.6) is 0 Å². The lowest BCUT2D eigenvalue weighted by molar-refractivity contribution is 0.303. The van der Waals surface area contributed by atoms with Crippen LogP contribution < -0.4 is 0 Å². The smallest absolute Gasteiger partial charge is 0.194 e. The normalized spacial score (nSPS) is 20.6. The van der Waals surface area contributed by atoms with Gasteiger partial charge in [-0.1, -0.05) is 63.8 Å². The summed E-state index contributed by atoms with van der Waals surface area (Å²) >= 11 is 0. The summed E-state index contributed by atoms with van der Waals surface area (Å²) in [6.45, 7) is 4.18.